The summed E-state index contributed by atoms with van der Waals surface area (Å²) in [6.07, 6.45) is 3.93. The Morgan fingerprint density at radius 1 is 0.958 bits per heavy atom. The number of pyridine rings is 1. The van der Waals surface area contributed by atoms with Gasteiger partial charge in [-0.1, -0.05) is 36.0 Å². The number of nitrogens with zero attached hydrogens (tertiary/aromatic N) is 2. The summed E-state index contributed by atoms with van der Waals surface area (Å²) in [7, 11) is 0. The summed E-state index contributed by atoms with van der Waals surface area (Å²) in [4.78, 5) is 17.2. The summed E-state index contributed by atoms with van der Waals surface area (Å²) in [5.41, 5.74) is 3.05. The predicted octanol–water partition coefficient (Wildman–Crippen LogP) is 4.11. The highest BCUT2D eigenvalue weighted by Crippen LogP contribution is 2.47. The number of anilines is 2. The monoisotopic (exact) mass is 333 g/mol. The largest absolute Gasteiger partial charge is 0.297 e. The molecule has 118 valence electrons. The molecule has 1 amide bonds. The molecule has 1 aliphatic rings. The second kappa shape index (κ2) is 6.13. The van der Waals surface area contributed by atoms with E-state index in [0.717, 1.165) is 26.7 Å². The molecule has 3 nitrogen and oxygen atoms in total. The Morgan fingerprint density at radius 2 is 1.58 bits per heavy atom. The number of aryl methyl sites for hydroxylation is 1. The fourth-order valence-corrected chi connectivity index (χ4v) is 4.01. The van der Waals surface area contributed by atoms with Gasteiger partial charge < -0.3 is 0 Å². The molecule has 4 heteroatoms. The zero-order valence-electron chi connectivity index (χ0n) is 13.3. The van der Waals surface area contributed by atoms with Crippen LogP contribution in [-0.2, 0) is 11.3 Å². The Morgan fingerprint density at radius 3 is 2.21 bits per heavy atom. The number of hydrogen-bond acceptors (Lipinski definition) is 2. The molecule has 0 atom stereocenters. The van der Waals surface area contributed by atoms with E-state index in [4.69, 9.17) is 0 Å². The van der Waals surface area contributed by atoms with Crippen LogP contribution in [0.5, 0.6) is 0 Å². The average Bonchev–Trinajstić information content (AvgIpc) is 2.59. The van der Waals surface area contributed by atoms with Crippen molar-refractivity contribution < 1.29 is 9.36 Å². The SMILES string of the molecule is Cc1ccc[n+](CC(=O)N2c3ccccc3Sc3ccccc32)c1. The third kappa shape index (κ3) is 2.69. The van der Waals surface area contributed by atoms with Crippen LogP contribution in [0.2, 0.25) is 0 Å². The van der Waals surface area contributed by atoms with E-state index in [1.165, 1.54) is 0 Å². The minimum absolute atomic E-state index is 0.0609. The standard InChI is InChI=1S/C20H17N2OS/c1-15-7-6-12-21(13-15)14-20(23)22-16-8-2-4-10-18(16)24-19-11-5-3-9-17(19)22/h2-13H,14H2,1H3/q+1. The van der Waals surface area contributed by atoms with Crippen LogP contribution < -0.4 is 9.47 Å². The molecule has 0 radical (unpaired) electrons. The fraction of sp³-hybridized carbons (Fsp3) is 0.100. The Bertz CT molecular complexity index is 877. The first-order valence-corrected chi connectivity index (χ1v) is 8.68. The van der Waals surface area contributed by atoms with Gasteiger partial charge in [0.15, 0.2) is 12.4 Å². The van der Waals surface area contributed by atoms with Gasteiger partial charge in [0.25, 0.3) is 5.91 Å². The van der Waals surface area contributed by atoms with Gasteiger partial charge in [-0.2, -0.15) is 4.57 Å². The van der Waals surface area contributed by atoms with E-state index in [-0.39, 0.29) is 5.91 Å². The Kier molecular flexibility index (Phi) is 3.82. The summed E-state index contributed by atoms with van der Waals surface area (Å²) < 4.78 is 1.94. The van der Waals surface area contributed by atoms with Crippen molar-refractivity contribution in [3.63, 3.8) is 0 Å². The number of hydrogen-bond donors (Lipinski definition) is 0. The van der Waals surface area contributed by atoms with Crippen LogP contribution in [0.25, 0.3) is 0 Å². The van der Waals surface area contributed by atoms with Crippen LogP contribution in [0.3, 0.4) is 0 Å². The minimum Gasteiger partial charge on any atom is -0.273 e. The molecular formula is C20H17N2OS+. The molecule has 0 fully saturated rings. The van der Waals surface area contributed by atoms with Crippen LogP contribution in [0, 0.1) is 6.92 Å². The van der Waals surface area contributed by atoms with Crippen molar-refractivity contribution in [3.05, 3.63) is 78.6 Å². The summed E-state index contributed by atoms with van der Waals surface area (Å²) >= 11 is 1.71. The Balaban J connectivity index is 1.75. The second-order valence-corrected chi connectivity index (χ2v) is 6.90. The Hall–Kier alpha value is -2.59. The smallest absolute Gasteiger partial charge is 0.273 e. The number of amides is 1. The lowest BCUT2D eigenvalue weighted by Gasteiger charge is -2.30. The van der Waals surface area contributed by atoms with Gasteiger partial charge in [-0.25, -0.2) is 0 Å². The van der Waals surface area contributed by atoms with Gasteiger partial charge in [-0.15, -0.1) is 0 Å². The maximum absolute atomic E-state index is 13.1. The highest BCUT2D eigenvalue weighted by atomic mass is 32.2. The maximum Gasteiger partial charge on any atom is 0.297 e. The zero-order chi connectivity index (χ0) is 16.5. The number of fused-ring (bicyclic) bond motifs is 2. The molecule has 0 aliphatic carbocycles. The van der Waals surface area contributed by atoms with E-state index in [0.29, 0.717) is 6.54 Å². The highest BCUT2D eigenvalue weighted by Gasteiger charge is 2.29. The van der Waals surface area contributed by atoms with Crippen molar-refractivity contribution in [2.45, 2.75) is 23.3 Å². The molecular weight excluding hydrogens is 316 g/mol. The number of carbonyl (C=O) groups excluding carboxylic acids is 1. The lowest BCUT2D eigenvalue weighted by Crippen LogP contribution is -2.43. The fourth-order valence-electron chi connectivity index (χ4n) is 2.95. The van der Waals surface area contributed by atoms with Crippen molar-refractivity contribution in [3.8, 4) is 0 Å². The summed E-state index contributed by atoms with van der Waals surface area (Å²) in [6.45, 7) is 2.35. The first kappa shape index (κ1) is 15.0. The Labute approximate surface area is 145 Å². The lowest BCUT2D eigenvalue weighted by molar-refractivity contribution is -0.684. The van der Waals surface area contributed by atoms with Crippen LogP contribution in [0.4, 0.5) is 11.4 Å². The molecule has 0 unspecified atom stereocenters. The number of benzene rings is 2. The molecule has 0 bridgehead atoms. The third-order valence-electron chi connectivity index (χ3n) is 4.01. The van der Waals surface area contributed by atoms with Crippen LogP contribution in [0.15, 0.2) is 82.8 Å². The molecule has 1 aliphatic heterocycles. The lowest BCUT2D eigenvalue weighted by atomic mass is 10.2. The molecule has 3 aromatic rings. The van der Waals surface area contributed by atoms with Crippen molar-refractivity contribution in [2.75, 3.05) is 4.90 Å². The summed E-state index contributed by atoms with van der Waals surface area (Å²) in [5, 5.41) is 0. The van der Waals surface area contributed by atoms with Gasteiger partial charge in [0.1, 0.15) is 0 Å². The summed E-state index contributed by atoms with van der Waals surface area (Å²) in [5.74, 6) is 0.0609. The average molecular weight is 333 g/mol. The third-order valence-corrected chi connectivity index (χ3v) is 5.14. The number of aromatic nitrogens is 1. The quantitative estimate of drug-likeness (QED) is 0.659. The van der Waals surface area contributed by atoms with E-state index in [1.54, 1.807) is 11.8 Å². The molecule has 0 saturated heterocycles. The predicted molar refractivity (Wildman–Crippen MR) is 95.5 cm³/mol. The minimum atomic E-state index is 0.0609. The first-order valence-electron chi connectivity index (χ1n) is 7.87. The summed E-state index contributed by atoms with van der Waals surface area (Å²) in [6, 6.07) is 20.1. The molecule has 2 aromatic carbocycles. The van der Waals surface area contributed by atoms with E-state index < -0.39 is 0 Å². The first-order chi connectivity index (χ1) is 11.7. The maximum atomic E-state index is 13.1. The van der Waals surface area contributed by atoms with Crippen molar-refractivity contribution in [1.82, 2.24) is 0 Å². The topological polar surface area (TPSA) is 24.2 Å². The van der Waals surface area contributed by atoms with Crippen molar-refractivity contribution >= 4 is 29.0 Å². The van der Waals surface area contributed by atoms with E-state index >= 15 is 0 Å². The van der Waals surface area contributed by atoms with Crippen LogP contribution in [0.1, 0.15) is 5.56 Å². The van der Waals surface area contributed by atoms with Gasteiger partial charge in [-0.3, -0.25) is 9.69 Å². The van der Waals surface area contributed by atoms with Gasteiger partial charge >= 0.3 is 0 Å². The number of para-hydroxylation sites is 2. The van der Waals surface area contributed by atoms with Crippen molar-refractivity contribution in [2.24, 2.45) is 0 Å². The molecule has 0 saturated carbocycles. The van der Waals surface area contributed by atoms with Crippen LogP contribution >= 0.6 is 11.8 Å². The molecule has 0 spiro atoms. The molecule has 4 rings (SSSR count). The number of carbonyl (C=O) groups is 1. The molecule has 2 heterocycles. The van der Waals surface area contributed by atoms with Crippen molar-refractivity contribution in [1.29, 1.82) is 0 Å². The second-order valence-electron chi connectivity index (χ2n) is 5.82. The van der Waals surface area contributed by atoms with Gasteiger partial charge in [0, 0.05) is 21.4 Å². The van der Waals surface area contributed by atoms with Gasteiger partial charge in [0.05, 0.1) is 11.4 Å². The molecule has 1 aromatic heterocycles. The van der Waals surface area contributed by atoms with Gasteiger partial charge in [0.2, 0.25) is 6.54 Å². The molecule has 24 heavy (non-hydrogen) atoms. The van der Waals surface area contributed by atoms with Crippen LogP contribution in [-0.4, -0.2) is 5.91 Å². The van der Waals surface area contributed by atoms with E-state index in [9.17, 15) is 4.79 Å². The zero-order valence-corrected chi connectivity index (χ0v) is 14.2. The van der Waals surface area contributed by atoms with Gasteiger partial charge in [-0.05, 0) is 37.3 Å². The normalized spacial score (nSPS) is 12.5. The van der Waals surface area contributed by atoms with E-state index in [2.05, 4.69) is 12.1 Å². The highest BCUT2D eigenvalue weighted by molar-refractivity contribution is 7.99. The number of rotatable bonds is 2. The molecule has 0 N–H and O–H groups in total. The van der Waals surface area contributed by atoms with E-state index in [1.807, 2.05) is 77.3 Å².